The molecule has 4 N–H and O–H groups in total. The fourth-order valence-electron chi connectivity index (χ4n) is 7.93. The number of H-pyrrole nitrogens is 2. The average Bonchev–Trinajstić information content (AvgIpc) is 4.10. The Bertz CT molecular complexity index is 3100. The third kappa shape index (κ3) is 8.06. The summed E-state index contributed by atoms with van der Waals surface area (Å²) >= 11 is 5.95. The van der Waals surface area contributed by atoms with Gasteiger partial charge in [-0.15, -0.1) is 0 Å². The second kappa shape index (κ2) is 16.5. The maximum atomic E-state index is 14.8. The number of hydrogen-bond donors (Lipinski definition) is 4. The van der Waals surface area contributed by atoms with Crippen LogP contribution in [0.2, 0.25) is 5.15 Å². The van der Waals surface area contributed by atoms with Crippen molar-refractivity contribution >= 4 is 57.8 Å². The van der Waals surface area contributed by atoms with Crippen LogP contribution in [0, 0.1) is 11.6 Å². The number of benzene rings is 2. The minimum Gasteiger partial charge on any atom is -0.399 e. The molecule has 1 saturated heterocycles. The highest BCUT2D eigenvalue weighted by molar-refractivity contribution is 6.62. The zero-order chi connectivity index (χ0) is 45.1. The number of pyridine rings is 2. The Morgan fingerprint density at radius 1 is 0.688 bits per heavy atom. The fourth-order valence-corrected chi connectivity index (χ4v) is 8.08. The summed E-state index contributed by atoms with van der Waals surface area (Å²) < 4.78 is 44.4. The van der Waals surface area contributed by atoms with Crippen LogP contribution in [0.1, 0.15) is 59.8 Å². The van der Waals surface area contributed by atoms with Crippen LogP contribution in [0.5, 0.6) is 0 Å². The molecule has 0 bridgehead atoms. The number of amides is 2. The van der Waals surface area contributed by atoms with Gasteiger partial charge in [-0.2, -0.15) is 10.2 Å². The van der Waals surface area contributed by atoms with Crippen molar-refractivity contribution in [3.8, 4) is 33.8 Å². The highest BCUT2D eigenvalue weighted by Crippen LogP contribution is 2.37. The van der Waals surface area contributed by atoms with Gasteiger partial charge in [0.15, 0.2) is 0 Å². The largest absolute Gasteiger partial charge is 0.498 e. The molecule has 326 valence electrons. The first kappa shape index (κ1) is 42.6. The van der Waals surface area contributed by atoms with Crippen molar-refractivity contribution in [3.05, 3.63) is 125 Å². The molecule has 0 aliphatic carbocycles. The summed E-state index contributed by atoms with van der Waals surface area (Å²) in [5.74, 6) is -1.06. The number of nitrogens with zero attached hydrogens (tertiary/aromatic N) is 6. The van der Waals surface area contributed by atoms with Crippen molar-refractivity contribution in [1.82, 2.24) is 50.1 Å². The molecule has 0 spiro atoms. The lowest BCUT2D eigenvalue weighted by atomic mass is 9.82. The molecule has 2 aromatic carbocycles. The fraction of sp³-hybridized carbons (Fsp3) is 0.261. The van der Waals surface area contributed by atoms with Crippen molar-refractivity contribution in [2.24, 2.45) is 14.1 Å². The summed E-state index contributed by atoms with van der Waals surface area (Å²) in [6, 6.07) is 16.9. The standard InChI is InChI=1S/C20H16FN5O.C16H11ClFN3O.C10H17BN2O2/c1-26-10-12(9-23-26)15-5-3-11-2-4-14(21)18(19(11)25-15)17-8-13-16(24-17)6-7-22-20(13)27;17-13-4-2-8-1-3-10(18)14(15(8)21-13)12-7-9-11(20-12)5-6-19-16(9)22;1-9(2)10(3,4)15-11(14-9)8-6-12-13(5)7-8/h2-5,8-10,24H,6-7H2,1H3,(H,22,27);1-4,7,20H,5-6H2,(H,19,22);6-7H,1-5H3. The van der Waals surface area contributed by atoms with Crippen LogP contribution < -0.4 is 16.1 Å². The Labute approximate surface area is 371 Å². The molecule has 2 amide bonds. The van der Waals surface area contributed by atoms with Crippen molar-refractivity contribution in [2.75, 3.05) is 13.1 Å². The number of aromatic nitrogens is 8. The summed E-state index contributed by atoms with van der Waals surface area (Å²) in [5.41, 5.74) is 7.59. The zero-order valence-electron chi connectivity index (χ0n) is 35.9. The van der Waals surface area contributed by atoms with Gasteiger partial charge in [0, 0.05) is 91.8 Å². The molecule has 0 radical (unpaired) electrons. The quantitative estimate of drug-likeness (QED) is 0.107. The van der Waals surface area contributed by atoms with E-state index in [1.807, 2.05) is 66.3 Å². The van der Waals surface area contributed by atoms with E-state index in [4.69, 9.17) is 25.9 Å². The van der Waals surface area contributed by atoms with Gasteiger partial charge in [-0.3, -0.25) is 19.0 Å². The number of carbonyl (C=O) groups is 2. The van der Waals surface area contributed by atoms with E-state index in [1.165, 1.54) is 12.1 Å². The first-order chi connectivity index (χ1) is 30.5. The van der Waals surface area contributed by atoms with Crippen molar-refractivity contribution in [3.63, 3.8) is 0 Å². The third-order valence-corrected chi connectivity index (χ3v) is 12.2. The molecule has 3 aliphatic rings. The van der Waals surface area contributed by atoms with Crippen LogP contribution in [0.3, 0.4) is 0 Å². The lowest BCUT2D eigenvalue weighted by Gasteiger charge is -2.32. The summed E-state index contributed by atoms with van der Waals surface area (Å²) in [5, 5.41) is 15.8. The van der Waals surface area contributed by atoms with E-state index in [-0.39, 0.29) is 36.0 Å². The van der Waals surface area contributed by atoms with Gasteiger partial charge in [0.1, 0.15) is 16.8 Å². The molecule has 64 heavy (non-hydrogen) atoms. The Balaban J connectivity index is 0.000000127. The topological polar surface area (TPSA) is 170 Å². The van der Waals surface area contributed by atoms with E-state index >= 15 is 0 Å². The van der Waals surface area contributed by atoms with E-state index in [0.29, 0.717) is 75.8 Å². The number of hydrogen-bond acceptors (Lipinski definition) is 8. The molecule has 0 saturated carbocycles. The Morgan fingerprint density at radius 2 is 1.19 bits per heavy atom. The molecule has 3 aliphatic heterocycles. The SMILES string of the molecule is Cn1cc(-c2ccc3ccc(F)c(-c4cc5c([nH]4)CCNC5=O)c3n2)cn1.Cn1cc(B2OC(C)(C)C(C)(C)O2)cn1.O=C1NCCc2[nH]c(-c3c(F)ccc4ccc(Cl)nc34)cc21. The van der Waals surface area contributed by atoms with E-state index in [1.54, 1.807) is 58.2 Å². The highest BCUT2D eigenvalue weighted by atomic mass is 35.5. The zero-order valence-corrected chi connectivity index (χ0v) is 36.7. The second-order valence-electron chi connectivity index (χ2n) is 16.9. The number of halogens is 3. The Kier molecular flexibility index (Phi) is 11.0. The number of carbonyl (C=O) groups excluding carboxylic acids is 2. The predicted octanol–water partition coefficient (Wildman–Crippen LogP) is 7.08. The van der Waals surface area contributed by atoms with Crippen molar-refractivity contribution < 1.29 is 27.7 Å². The van der Waals surface area contributed by atoms with Gasteiger partial charge in [-0.05, 0) is 82.3 Å². The van der Waals surface area contributed by atoms with Crippen LogP contribution in [0.25, 0.3) is 55.6 Å². The maximum Gasteiger partial charge on any atom is 0.498 e. The van der Waals surface area contributed by atoms with Crippen LogP contribution in [-0.4, -0.2) is 82.7 Å². The van der Waals surface area contributed by atoms with Gasteiger partial charge in [-0.1, -0.05) is 17.7 Å². The molecule has 1 fully saturated rings. The van der Waals surface area contributed by atoms with E-state index in [0.717, 1.165) is 38.9 Å². The van der Waals surface area contributed by atoms with Gasteiger partial charge in [0.2, 0.25) is 0 Å². The predicted molar refractivity (Wildman–Crippen MR) is 241 cm³/mol. The lowest BCUT2D eigenvalue weighted by Crippen LogP contribution is -2.41. The average molecular weight is 885 g/mol. The molecule has 14 nitrogen and oxygen atoms in total. The van der Waals surface area contributed by atoms with Crippen molar-refractivity contribution in [1.29, 1.82) is 0 Å². The summed E-state index contributed by atoms with van der Waals surface area (Å²) in [4.78, 5) is 39.3. The minimum absolute atomic E-state index is 0.136. The van der Waals surface area contributed by atoms with E-state index in [9.17, 15) is 18.4 Å². The van der Waals surface area contributed by atoms with Gasteiger partial charge in [-0.25, -0.2) is 18.7 Å². The highest BCUT2D eigenvalue weighted by Gasteiger charge is 2.52. The van der Waals surface area contributed by atoms with E-state index in [2.05, 4.69) is 35.8 Å². The Morgan fingerprint density at radius 3 is 1.69 bits per heavy atom. The summed E-state index contributed by atoms with van der Waals surface area (Å²) in [7, 11) is 3.42. The summed E-state index contributed by atoms with van der Waals surface area (Å²) in [6.07, 6.45) is 8.68. The van der Waals surface area contributed by atoms with Crippen LogP contribution in [-0.2, 0) is 36.2 Å². The number of aromatic amines is 2. The van der Waals surface area contributed by atoms with E-state index < -0.39 is 5.82 Å². The van der Waals surface area contributed by atoms with Gasteiger partial charge in [0.25, 0.3) is 11.8 Å². The van der Waals surface area contributed by atoms with Gasteiger partial charge < -0.3 is 29.9 Å². The van der Waals surface area contributed by atoms with Crippen LogP contribution in [0.4, 0.5) is 8.78 Å². The molecule has 9 heterocycles. The summed E-state index contributed by atoms with van der Waals surface area (Å²) in [6.45, 7) is 9.33. The Hall–Kier alpha value is -6.69. The number of aryl methyl sites for hydroxylation is 2. The monoisotopic (exact) mass is 884 g/mol. The minimum atomic E-state index is -0.402. The molecule has 0 unspecified atom stereocenters. The molecular weight excluding hydrogens is 841 g/mol. The maximum absolute atomic E-state index is 14.8. The number of nitrogens with one attached hydrogen (secondary N) is 4. The molecule has 18 heteroatoms. The second-order valence-corrected chi connectivity index (χ2v) is 17.3. The molecule has 8 aromatic rings. The molecule has 0 atom stereocenters. The number of fused-ring (bicyclic) bond motifs is 4. The lowest BCUT2D eigenvalue weighted by molar-refractivity contribution is 0.00578. The van der Waals surface area contributed by atoms with Crippen molar-refractivity contribution in [2.45, 2.75) is 51.7 Å². The molecule has 11 rings (SSSR count). The van der Waals surface area contributed by atoms with Crippen LogP contribution in [0.15, 0.2) is 85.5 Å². The normalized spacial score (nSPS) is 16.0. The molecule has 6 aromatic heterocycles. The molecular formula is C46H44BClF2N10O4. The first-order valence-corrected chi connectivity index (χ1v) is 21.1. The van der Waals surface area contributed by atoms with Crippen LogP contribution >= 0.6 is 11.6 Å². The number of rotatable bonds is 4. The third-order valence-electron chi connectivity index (χ3n) is 12.0. The first-order valence-electron chi connectivity index (χ1n) is 20.7. The smallest absolute Gasteiger partial charge is 0.399 e. The van der Waals surface area contributed by atoms with Gasteiger partial charge >= 0.3 is 7.12 Å². The van der Waals surface area contributed by atoms with Gasteiger partial charge in [0.05, 0.1) is 67.8 Å².